The molecule has 0 spiro atoms. The third-order valence-electron chi connectivity index (χ3n) is 6.34. The lowest BCUT2D eigenvalue weighted by atomic mass is 9.76. The van der Waals surface area contributed by atoms with Crippen LogP contribution in [0.2, 0.25) is 0 Å². The largest absolute Gasteiger partial charge is 0.445 e. The highest BCUT2D eigenvalue weighted by atomic mass is 35.5. The topological polar surface area (TPSA) is 84.7 Å². The van der Waals surface area contributed by atoms with Gasteiger partial charge in [0.2, 0.25) is 5.91 Å². The maximum Gasteiger partial charge on any atom is 0.407 e. The molecule has 0 unspecified atom stereocenters. The van der Waals surface area contributed by atoms with Crippen molar-refractivity contribution >= 4 is 24.4 Å². The van der Waals surface area contributed by atoms with Gasteiger partial charge in [-0.05, 0) is 49.5 Å². The second-order valence-corrected chi connectivity index (χ2v) is 8.37. The predicted octanol–water partition coefficient (Wildman–Crippen LogP) is 3.43. The Balaban J connectivity index is 0.00000320. The molecule has 168 valence electrons. The van der Waals surface area contributed by atoms with Crippen molar-refractivity contribution in [3.8, 4) is 0 Å². The maximum atomic E-state index is 13.4. The number of alkyl carbamates (subject to hydrolysis) is 1. The van der Waals surface area contributed by atoms with Gasteiger partial charge in [-0.1, -0.05) is 37.3 Å². The second-order valence-electron chi connectivity index (χ2n) is 8.37. The molecule has 3 N–H and O–H groups in total. The first-order valence-corrected chi connectivity index (χ1v) is 10.6. The Morgan fingerprint density at radius 2 is 1.87 bits per heavy atom. The summed E-state index contributed by atoms with van der Waals surface area (Å²) >= 11 is 0. The summed E-state index contributed by atoms with van der Waals surface area (Å²) in [5.74, 6) is 0.227. The van der Waals surface area contributed by atoms with Crippen LogP contribution in [0.25, 0.3) is 0 Å². The van der Waals surface area contributed by atoms with Crippen LogP contribution in [0.1, 0.15) is 44.6 Å². The van der Waals surface area contributed by atoms with Gasteiger partial charge in [0.05, 0.1) is 12.6 Å². The molecular formula is C22H33ClFN3O3. The van der Waals surface area contributed by atoms with Gasteiger partial charge in [-0.2, -0.15) is 0 Å². The Labute approximate surface area is 184 Å². The number of benzene rings is 1. The van der Waals surface area contributed by atoms with Gasteiger partial charge in [-0.3, -0.25) is 4.79 Å². The van der Waals surface area contributed by atoms with Gasteiger partial charge in [0.15, 0.2) is 0 Å². The first kappa shape index (κ1) is 24.4. The van der Waals surface area contributed by atoms with E-state index in [1.54, 1.807) is 4.90 Å². The molecule has 2 fully saturated rings. The van der Waals surface area contributed by atoms with E-state index in [2.05, 4.69) is 5.32 Å². The SMILES string of the molecule is C[C@@H](C1CCC(NC(=O)OCc2ccccc2)CC1)[C@H](N)C(=O)N1CC[C@H](F)C1.Cl. The van der Waals surface area contributed by atoms with Crippen molar-refractivity contribution in [1.82, 2.24) is 10.2 Å². The van der Waals surface area contributed by atoms with Crippen molar-refractivity contribution in [3.05, 3.63) is 35.9 Å². The van der Waals surface area contributed by atoms with E-state index in [0.29, 0.717) is 18.9 Å². The van der Waals surface area contributed by atoms with Gasteiger partial charge in [-0.15, -0.1) is 12.4 Å². The number of alkyl halides is 1. The Bertz CT molecular complexity index is 685. The highest BCUT2D eigenvalue weighted by molar-refractivity contribution is 5.85. The lowest BCUT2D eigenvalue weighted by Gasteiger charge is -2.35. The number of nitrogens with zero attached hydrogens (tertiary/aromatic N) is 1. The molecule has 2 aliphatic rings. The van der Waals surface area contributed by atoms with Crippen LogP contribution >= 0.6 is 12.4 Å². The fourth-order valence-electron chi connectivity index (χ4n) is 4.37. The highest BCUT2D eigenvalue weighted by Gasteiger charge is 2.36. The van der Waals surface area contributed by atoms with E-state index < -0.39 is 18.3 Å². The van der Waals surface area contributed by atoms with Gasteiger partial charge in [0, 0.05) is 12.6 Å². The predicted molar refractivity (Wildman–Crippen MR) is 116 cm³/mol. The molecule has 3 atom stereocenters. The average molecular weight is 442 g/mol. The highest BCUT2D eigenvalue weighted by Crippen LogP contribution is 2.32. The number of halogens is 2. The van der Waals surface area contributed by atoms with Crippen molar-refractivity contribution in [2.45, 2.75) is 63.9 Å². The molecule has 2 amide bonds. The average Bonchev–Trinajstić information content (AvgIpc) is 3.18. The molecule has 1 saturated carbocycles. The lowest BCUT2D eigenvalue weighted by Crippen LogP contribution is -2.49. The number of ether oxygens (including phenoxy) is 1. The minimum atomic E-state index is -0.926. The van der Waals surface area contributed by atoms with Crippen LogP contribution in [-0.2, 0) is 16.1 Å². The monoisotopic (exact) mass is 441 g/mol. The fourth-order valence-corrected chi connectivity index (χ4v) is 4.37. The summed E-state index contributed by atoms with van der Waals surface area (Å²) in [6, 6.07) is 9.07. The van der Waals surface area contributed by atoms with Crippen LogP contribution in [0.4, 0.5) is 9.18 Å². The quantitative estimate of drug-likeness (QED) is 0.708. The van der Waals surface area contributed by atoms with E-state index in [9.17, 15) is 14.0 Å². The molecule has 0 aromatic heterocycles. The van der Waals surface area contributed by atoms with Crippen LogP contribution in [0.3, 0.4) is 0 Å². The van der Waals surface area contributed by atoms with Crippen LogP contribution in [0.15, 0.2) is 30.3 Å². The fraction of sp³-hybridized carbons (Fsp3) is 0.636. The number of likely N-dealkylation sites (tertiary alicyclic amines) is 1. The Morgan fingerprint density at radius 1 is 1.20 bits per heavy atom. The molecule has 1 aliphatic heterocycles. The summed E-state index contributed by atoms with van der Waals surface area (Å²) < 4.78 is 18.7. The van der Waals surface area contributed by atoms with E-state index in [4.69, 9.17) is 10.5 Å². The van der Waals surface area contributed by atoms with E-state index >= 15 is 0 Å². The van der Waals surface area contributed by atoms with Gasteiger partial charge < -0.3 is 20.7 Å². The summed E-state index contributed by atoms with van der Waals surface area (Å²) in [5.41, 5.74) is 7.18. The first-order valence-electron chi connectivity index (χ1n) is 10.6. The zero-order chi connectivity index (χ0) is 20.8. The molecule has 0 bridgehead atoms. The zero-order valence-corrected chi connectivity index (χ0v) is 18.3. The Kier molecular flexibility index (Phi) is 9.37. The maximum absolute atomic E-state index is 13.4. The van der Waals surface area contributed by atoms with E-state index in [1.165, 1.54) is 0 Å². The Hall–Kier alpha value is -1.86. The summed E-state index contributed by atoms with van der Waals surface area (Å²) in [5, 5.41) is 2.94. The van der Waals surface area contributed by atoms with Crippen LogP contribution in [0, 0.1) is 11.8 Å². The van der Waals surface area contributed by atoms with Crippen LogP contribution in [-0.4, -0.2) is 48.2 Å². The third kappa shape index (κ3) is 6.57. The molecule has 1 aromatic carbocycles. The minimum Gasteiger partial charge on any atom is -0.445 e. The summed E-state index contributed by atoms with van der Waals surface area (Å²) in [6.45, 7) is 2.90. The smallest absolute Gasteiger partial charge is 0.407 e. The number of carbonyl (C=O) groups is 2. The summed E-state index contributed by atoms with van der Waals surface area (Å²) in [7, 11) is 0. The number of amides is 2. The molecule has 1 saturated heterocycles. The van der Waals surface area contributed by atoms with Crippen LogP contribution in [0.5, 0.6) is 0 Å². The standard InChI is InChI=1S/C22H32FN3O3.ClH/c1-15(20(24)21(27)26-12-11-18(23)13-26)17-7-9-19(10-8-17)25-22(28)29-14-16-5-3-2-4-6-16;/h2-6,15,17-20H,7-14,24H2,1H3,(H,25,28);1H/t15-,17?,18-,19?,20-;/m0./s1. The number of nitrogens with one attached hydrogen (secondary N) is 1. The van der Waals surface area contributed by atoms with E-state index in [-0.39, 0.29) is 43.4 Å². The molecule has 30 heavy (non-hydrogen) atoms. The van der Waals surface area contributed by atoms with Gasteiger partial charge in [-0.25, -0.2) is 9.18 Å². The van der Waals surface area contributed by atoms with Crippen molar-refractivity contribution in [1.29, 1.82) is 0 Å². The molecule has 6 nitrogen and oxygen atoms in total. The third-order valence-corrected chi connectivity index (χ3v) is 6.34. The zero-order valence-electron chi connectivity index (χ0n) is 17.5. The van der Waals surface area contributed by atoms with Gasteiger partial charge in [0.1, 0.15) is 12.8 Å². The van der Waals surface area contributed by atoms with Gasteiger partial charge in [0.25, 0.3) is 0 Å². The van der Waals surface area contributed by atoms with Crippen molar-refractivity contribution < 1.29 is 18.7 Å². The lowest BCUT2D eigenvalue weighted by molar-refractivity contribution is -0.133. The number of carbonyl (C=O) groups excluding carboxylic acids is 2. The van der Waals surface area contributed by atoms with E-state index in [0.717, 1.165) is 31.2 Å². The number of hydrogen-bond acceptors (Lipinski definition) is 4. The van der Waals surface area contributed by atoms with Crippen molar-refractivity contribution in [2.75, 3.05) is 13.1 Å². The molecule has 8 heteroatoms. The van der Waals surface area contributed by atoms with Crippen molar-refractivity contribution in [2.24, 2.45) is 17.6 Å². The Morgan fingerprint density at radius 3 is 2.47 bits per heavy atom. The second kappa shape index (κ2) is 11.5. The normalized spacial score (nSPS) is 25.7. The number of hydrogen-bond donors (Lipinski definition) is 2. The summed E-state index contributed by atoms with van der Waals surface area (Å²) in [6.07, 6.45) is 2.56. The van der Waals surface area contributed by atoms with Crippen molar-refractivity contribution in [3.63, 3.8) is 0 Å². The number of nitrogens with two attached hydrogens (primary N) is 1. The van der Waals surface area contributed by atoms with E-state index in [1.807, 2.05) is 37.3 Å². The minimum absolute atomic E-state index is 0. The van der Waals surface area contributed by atoms with Gasteiger partial charge >= 0.3 is 6.09 Å². The number of rotatable bonds is 6. The first-order chi connectivity index (χ1) is 13.9. The molecule has 1 aliphatic carbocycles. The molecule has 1 heterocycles. The molecular weight excluding hydrogens is 409 g/mol. The molecule has 3 rings (SSSR count). The van der Waals surface area contributed by atoms with Crippen LogP contribution < -0.4 is 11.1 Å². The molecule has 1 aromatic rings. The molecule has 0 radical (unpaired) electrons. The summed E-state index contributed by atoms with van der Waals surface area (Å²) in [4.78, 5) is 26.1.